The maximum Gasteiger partial charge on any atom is 0.324 e. The molecular formula is C11H19N5O3. The number of carbonyl (C=O) groups excluding carboxylic acids is 1. The average molecular weight is 269 g/mol. The molecule has 1 rings (SSSR count). The summed E-state index contributed by atoms with van der Waals surface area (Å²) in [7, 11) is 2.88. The van der Waals surface area contributed by atoms with Crippen molar-refractivity contribution in [2.75, 3.05) is 19.5 Å². The van der Waals surface area contributed by atoms with Gasteiger partial charge in [-0.1, -0.05) is 0 Å². The molecule has 19 heavy (non-hydrogen) atoms. The summed E-state index contributed by atoms with van der Waals surface area (Å²) in [4.78, 5) is 23.6. The molecule has 0 spiro atoms. The van der Waals surface area contributed by atoms with Crippen molar-refractivity contribution in [3.8, 4) is 12.0 Å². The van der Waals surface area contributed by atoms with E-state index in [1.165, 1.54) is 14.2 Å². The topological polar surface area (TPSA) is 98.3 Å². The lowest BCUT2D eigenvalue weighted by Crippen LogP contribution is -2.41. The molecule has 106 valence electrons. The van der Waals surface area contributed by atoms with E-state index < -0.39 is 6.04 Å². The summed E-state index contributed by atoms with van der Waals surface area (Å²) >= 11 is 0. The predicted molar refractivity (Wildman–Crippen MR) is 69.3 cm³/mol. The Kier molecular flexibility index (Phi) is 5.28. The zero-order chi connectivity index (χ0) is 14.4. The van der Waals surface area contributed by atoms with Crippen molar-refractivity contribution < 1.29 is 14.3 Å². The van der Waals surface area contributed by atoms with Crippen molar-refractivity contribution in [3.63, 3.8) is 0 Å². The van der Waals surface area contributed by atoms with Crippen molar-refractivity contribution in [2.24, 2.45) is 0 Å². The summed E-state index contributed by atoms with van der Waals surface area (Å²) in [5, 5.41) is 5.65. The van der Waals surface area contributed by atoms with Crippen LogP contribution >= 0.6 is 0 Å². The van der Waals surface area contributed by atoms with Crippen LogP contribution in [0.5, 0.6) is 12.0 Å². The Morgan fingerprint density at radius 2 is 1.58 bits per heavy atom. The SMILES string of the molecule is COc1nc(NC(C)C(=O)NC(C)C)nc(OC)n1. The molecule has 0 bridgehead atoms. The molecule has 1 aromatic heterocycles. The molecule has 1 amide bonds. The summed E-state index contributed by atoms with van der Waals surface area (Å²) < 4.78 is 9.84. The quantitative estimate of drug-likeness (QED) is 0.761. The Labute approximate surface area is 111 Å². The van der Waals surface area contributed by atoms with Gasteiger partial charge in [0.2, 0.25) is 11.9 Å². The fourth-order valence-corrected chi connectivity index (χ4v) is 1.25. The van der Waals surface area contributed by atoms with Crippen LogP contribution in [0.3, 0.4) is 0 Å². The van der Waals surface area contributed by atoms with Gasteiger partial charge in [0.1, 0.15) is 6.04 Å². The molecule has 8 heteroatoms. The molecule has 1 atom stereocenters. The minimum atomic E-state index is -0.487. The zero-order valence-electron chi connectivity index (χ0n) is 11.7. The number of aromatic nitrogens is 3. The van der Waals surface area contributed by atoms with Crippen LogP contribution in [0.2, 0.25) is 0 Å². The van der Waals surface area contributed by atoms with E-state index in [-0.39, 0.29) is 29.9 Å². The van der Waals surface area contributed by atoms with E-state index in [9.17, 15) is 4.79 Å². The van der Waals surface area contributed by atoms with Crippen LogP contribution in [0.1, 0.15) is 20.8 Å². The third kappa shape index (κ3) is 4.57. The molecule has 0 aliphatic rings. The van der Waals surface area contributed by atoms with Crippen molar-refractivity contribution in [3.05, 3.63) is 0 Å². The van der Waals surface area contributed by atoms with E-state index in [1.807, 2.05) is 13.8 Å². The molecule has 0 radical (unpaired) electrons. The van der Waals surface area contributed by atoms with Gasteiger partial charge in [0.05, 0.1) is 14.2 Å². The fourth-order valence-electron chi connectivity index (χ4n) is 1.25. The molecule has 8 nitrogen and oxygen atoms in total. The van der Waals surface area contributed by atoms with Gasteiger partial charge in [0.25, 0.3) is 0 Å². The van der Waals surface area contributed by atoms with Crippen LogP contribution in [-0.2, 0) is 4.79 Å². The van der Waals surface area contributed by atoms with Gasteiger partial charge >= 0.3 is 12.0 Å². The van der Waals surface area contributed by atoms with Gasteiger partial charge in [-0.25, -0.2) is 0 Å². The van der Waals surface area contributed by atoms with Crippen molar-refractivity contribution in [1.82, 2.24) is 20.3 Å². The number of nitrogens with one attached hydrogen (secondary N) is 2. The second-order valence-electron chi connectivity index (χ2n) is 4.16. The largest absolute Gasteiger partial charge is 0.467 e. The van der Waals surface area contributed by atoms with E-state index in [0.717, 1.165) is 0 Å². The number of rotatable bonds is 6. The Bertz CT molecular complexity index is 416. The number of hydrogen-bond acceptors (Lipinski definition) is 7. The monoisotopic (exact) mass is 269 g/mol. The normalized spacial score (nSPS) is 11.9. The van der Waals surface area contributed by atoms with Gasteiger partial charge in [-0.2, -0.15) is 9.97 Å². The van der Waals surface area contributed by atoms with E-state index in [2.05, 4.69) is 25.6 Å². The van der Waals surface area contributed by atoms with Crippen LogP contribution in [-0.4, -0.2) is 47.2 Å². The average Bonchev–Trinajstić information content (AvgIpc) is 2.37. The molecule has 1 unspecified atom stereocenters. The molecule has 2 N–H and O–H groups in total. The first kappa shape index (κ1) is 14.9. The van der Waals surface area contributed by atoms with Crippen molar-refractivity contribution in [2.45, 2.75) is 32.9 Å². The standard InChI is InChI=1S/C11H19N5O3/c1-6(2)12-8(17)7(3)13-9-14-10(18-4)16-11(15-9)19-5/h6-7H,1-5H3,(H,12,17)(H,13,14,15,16). The van der Waals surface area contributed by atoms with E-state index in [0.29, 0.717) is 0 Å². The van der Waals surface area contributed by atoms with Crippen LogP contribution in [0.25, 0.3) is 0 Å². The van der Waals surface area contributed by atoms with Crippen LogP contribution in [0.4, 0.5) is 5.95 Å². The third-order valence-electron chi connectivity index (χ3n) is 2.13. The van der Waals surface area contributed by atoms with Crippen molar-refractivity contribution >= 4 is 11.9 Å². The second-order valence-corrected chi connectivity index (χ2v) is 4.16. The molecule has 0 fully saturated rings. The highest BCUT2D eigenvalue weighted by atomic mass is 16.5. The predicted octanol–water partition coefficient (Wildman–Crippen LogP) is 0.214. The number of methoxy groups -OCH3 is 2. The second kappa shape index (κ2) is 6.72. The van der Waals surface area contributed by atoms with Gasteiger partial charge in [-0.15, -0.1) is 4.98 Å². The number of amides is 1. The van der Waals surface area contributed by atoms with E-state index in [4.69, 9.17) is 9.47 Å². The molecule has 0 saturated carbocycles. The number of ether oxygens (including phenoxy) is 2. The highest BCUT2D eigenvalue weighted by molar-refractivity contribution is 5.83. The minimum Gasteiger partial charge on any atom is -0.467 e. The Balaban J connectivity index is 2.78. The Morgan fingerprint density at radius 1 is 1.05 bits per heavy atom. The summed E-state index contributed by atoms with van der Waals surface area (Å²) in [6.45, 7) is 5.49. The Hall–Kier alpha value is -2.12. The number of carbonyl (C=O) groups is 1. The lowest BCUT2D eigenvalue weighted by Gasteiger charge is -2.16. The molecular weight excluding hydrogens is 250 g/mol. The molecule has 1 aromatic rings. The summed E-state index contributed by atoms with van der Waals surface area (Å²) in [5.41, 5.74) is 0. The number of nitrogens with zero attached hydrogens (tertiary/aromatic N) is 3. The third-order valence-corrected chi connectivity index (χ3v) is 2.13. The molecule has 0 aliphatic carbocycles. The number of anilines is 1. The van der Waals surface area contributed by atoms with Crippen LogP contribution in [0, 0.1) is 0 Å². The highest BCUT2D eigenvalue weighted by Gasteiger charge is 2.16. The summed E-state index contributed by atoms with van der Waals surface area (Å²) in [5.74, 6) is 0.0726. The molecule has 1 heterocycles. The molecule has 0 aromatic carbocycles. The fraction of sp³-hybridized carbons (Fsp3) is 0.636. The first-order chi connectivity index (χ1) is 8.96. The lowest BCUT2D eigenvalue weighted by atomic mass is 10.3. The van der Waals surface area contributed by atoms with Crippen LogP contribution in [0.15, 0.2) is 0 Å². The van der Waals surface area contributed by atoms with Crippen molar-refractivity contribution in [1.29, 1.82) is 0 Å². The smallest absolute Gasteiger partial charge is 0.324 e. The van der Waals surface area contributed by atoms with Gasteiger partial charge < -0.3 is 20.1 Å². The first-order valence-electron chi connectivity index (χ1n) is 5.87. The van der Waals surface area contributed by atoms with Gasteiger partial charge in [-0.05, 0) is 20.8 Å². The van der Waals surface area contributed by atoms with Gasteiger partial charge in [-0.3, -0.25) is 4.79 Å². The number of hydrogen-bond donors (Lipinski definition) is 2. The molecule has 0 saturated heterocycles. The van der Waals surface area contributed by atoms with Crippen LogP contribution < -0.4 is 20.1 Å². The van der Waals surface area contributed by atoms with E-state index in [1.54, 1.807) is 6.92 Å². The summed E-state index contributed by atoms with van der Waals surface area (Å²) in [6.07, 6.45) is 0. The summed E-state index contributed by atoms with van der Waals surface area (Å²) in [6, 6.07) is -0.185. The maximum absolute atomic E-state index is 11.8. The van der Waals surface area contributed by atoms with E-state index >= 15 is 0 Å². The maximum atomic E-state index is 11.8. The molecule has 0 aliphatic heterocycles. The highest BCUT2D eigenvalue weighted by Crippen LogP contribution is 2.12. The van der Waals surface area contributed by atoms with Gasteiger partial charge in [0.15, 0.2) is 0 Å². The Morgan fingerprint density at radius 3 is 2.00 bits per heavy atom. The van der Waals surface area contributed by atoms with Gasteiger partial charge in [0, 0.05) is 6.04 Å². The minimum absolute atomic E-state index is 0.0687. The lowest BCUT2D eigenvalue weighted by molar-refractivity contribution is -0.122. The zero-order valence-corrected chi connectivity index (χ0v) is 11.7. The first-order valence-corrected chi connectivity index (χ1v) is 5.87.